The molecule has 0 aliphatic heterocycles. The van der Waals surface area contributed by atoms with E-state index in [1.54, 1.807) is 0 Å². The van der Waals surface area contributed by atoms with Crippen LogP contribution in [0.1, 0.15) is 9.67 Å². The average molecular weight is 172 g/mol. The Morgan fingerprint density at radius 1 is 1.64 bits per heavy atom. The summed E-state index contributed by atoms with van der Waals surface area (Å²) in [6, 6.07) is 1.51. The van der Waals surface area contributed by atoms with Crippen molar-refractivity contribution >= 4 is 28.0 Å². The normalized spacial score (nSPS) is 9.55. The highest BCUT2D eigenvalue weighted by molar-refractivity contribution is 7.18. The number of carbonyl (C=O) groups excluding carboxylic acids is 1. The van der Waals surface area contributed by atoms with Gasteiger partial charge in [0.1, 0.15) is 9.88 Å². The van der Waals surface area contributed by atoms with E-state index in [0.717, 1.165) is 11.3 Å². The summed E-state index contributed by atoms with van der Waals surface area (Å²) in [6.07, 6.45) is 0. The van der Waals surface area contributed by atoms with Crippen LogP contribution in [0, 0.1) is 0 Å². The number of methoxy groups -OCH3 is 1. The van der Waals surface area contributed by atoms with Crippen molar-refractivity contribution in [1.82, 2.24) is 0 Å². The van der Waals surface area contributed by atoms with Gasteiger partial charge in [-0.3, -0.25) is 0 Å². The standard InChI is InChI=1S/C6H8N2O2S/c1-10-6(9)4-2-3(7)5(8)11-4/h2H,7-8H2,1H3. The lowest BCUT2D eigenvalue weighted by Gasteiger charge is -1.90. The van der Waals surface area contributed by atoms with E-state index in [4.69, 9.17) is 11.5 Å². The van der Waals surface area contributed by atoms with E-state index in [1.807, 2.05) is 0 Å². The Kier molecular flexibility index (Phi) is 2.00. The highest BCUT2D eigenvalue weighted by Gasteiger charge is 2.10. The minimum absolute atomic E-state index is 0.404. The first-order valence-electron chi connectivity index (χ1n) is 2.88. The van der Waals surface area contributed by atoms with Crippen molar-refractivity contribution in [2.75, 3.05) is 18.6 Å². The van der Waals surface area contributed by atoms with Crippen LogP contribution in [0.25, 0.3) is 0 Å². The third kappa shape index (κ3) is 1.43. The van der Waals surface area contributed by atoms with E-state index in [0.29, 0.717) is 15.6 Å². The number of ether oxygens (including phenoxy) is 1. The summed E-state index contributed by atoms with van der Waals surface area (Å²) in [6.45, 7) is 0. The van der Waals surface area contributed by atoms with E-state index in [2.05, 4.69) is 4.74 Å². The average Bonchev–Trinajstić information content (AvgIpc) is 2.31. The van der Waals surface area contributed by atoms with Gasteiger partial charge in [0.05, 0.1) is 12.8 Å². The van der Waals surface area contributed by atoms with Crippen LogP contribution in [0.15, 0.2) is 6.07 Å². The van der Waals surface area contributed by atoms with E-state index in [-0.39, 0.29) is 0 Å². The molecule has 0 radical (unpaired) electrons. The van der Waals surface area contributed by atoms with Crippen molar-refractivity contribution in [1.29, 1.82) is 0 Å². The number of anilines is 2. The van der Waals surface area contributed by atoms with Crippen LogP contribution >= 0.6 is 11.3 Å². The second-order valence-electron chi connectivity index (χ2n) is 1.92. The van der Waals surface area contributed by atoms with Gasteiger partial charge in [-0.25, -0.2) is 4.79 Å². The highest BCUT2D eigenvalue weighted by Crippen LogP contribution is 2.27. The first-order chi connectivity index (χ1) is 5.15. The van der Waals surface area contributed by atoms with Crippen LogP contribution < -0.4 is 11.5 Å². The lowest BCUT2D eigenvalue weighted by molar-refractivity contribution is 0.0606. The van der Waals surface area contributed by atoms with Crippen molar-refractivity contribution in [3.63, 3.8) is 0 Å². The van der Waals surface area contributed by atoms with Gasteiger partial charge in [-0.05, 0) is 6.07 Å². The minimum atomic E-state index is -0.404. The SMILES string of the molecule is COC(=O)c1cc(N)c(N)s1. The third-order valence-electron chi connectivity index (χ3n) is 1.18. The lowest BCUT2D eigenvalue weighted by atomic mass is 10.4. The molecule has 0 saturated carbocycles. The molecule has 11 heavy (non-hydrogen) atoms. The molecule has 0 aliphatic carbocycles. The summed E-state index contributed by atoms with van der Waals surface area (Å²) in [7, 11) is 1.31. The Labute approximate surface area is 67.8 Å². The quantitative estimate of drug-likeness (QED) is 0.611. The Morgan fingerprint density at radius 2 is 2.27 bits per heavy atom. The molecule has 4 nitrogen and oxygen atoms in total. The van der Waals surface area contributed by atoms with Crippen molar-refractivity contribution in [3.05, 3.63) is 10.9 Å². The molecule has 0 bridgehead atoms. The molecule has 0 amide bonds. The fourth-order valence-electron chi connectivity index (χ4n) is 0.620. The summed E-state index contributed by atoms with van der Waals surface area (Å²) < 4.78 is 4.46. The largest absolute Gasteiger partial charge is 0.465 e. The predicted octanol–water partition coefficient (Wildman–Crippen LogP) is 0.699. The Balaban J connectivity index is 2.97. The van der Waals surface area contributed by atoms with Gasteiger partial charge < -0.3 is 16.2 Å². The molecule has 1 rings (SSSR count). The number of nitrogen functional groups attached to an aromatic ring is 2. The van der Waals surface area contributed by atoms with E-state index < -0.39 is 5.97 Å². The zero-order valence-corrected chi connectivity index (χ0v) is 6.77. The molecule has 0 spiro atoms. The summed E-state index contributed by atoms with van der Waals surface area (Å²) in [4.78, 5) is 11.3. The predicted molar refractivity (Wildman–Crippen MR) is 44.5 cm³/mol. The van der Waals surface area contributed by atoms with Crippen LogP contribution in [0.4, 0.5) is 10.7 Å². The van der Waals surface area contributed by atoms with E-state index >= 15 is 0 Å². The van der Waals surface area contributed by atoms with Gasteiger partial charge in [0.15, 0.2) is 0 Å². The zero-order valence-electron chi connectivity index (χ0n) is 5.96. The van der Waals surface area contributed by atoms with Crippen LogP contribution in [-0.2, 0) is 4.74 Å². The van der Waals surface area contributed by atoms with Gasteiger partial charge in [0.2, 0.25) is 0 Å². The van der Waals surface area contributed by atoms with Crippen LogP contribution in [0.2, 0.25) is 0 Å². The van der Waals surface area contributed by atoms with Crippen LogP contribution in [0.3, 0.4) is 0 Å². The van der Waals surface area contributed by atoms with Crippen molar-refractivity contribution < 1.29 is 9.53 Å². The number of thiophene rings is 1. The number of carbonyl (C=O) groups is 1. The molecule has 0 fully saturated rings. The summed E-state index contributed by atoms with van der Waals surface area (Å²) >= 11 is 1.13. The molecule has 0 aliphatic rings. The summed E-state index contributed by atoms with van der Waals surface area (Å²) in [5.74, 6) is -0.404. The second-order valence-corrected chi connectivity index (χ2v) is 3.01. The minimum Gasteiger partial charge on any atom is -0.465 e. The number of esters is 1. The smallest absolute Gasteiger partial charge is 0.348 e. The van der Waals surface area contributed by atoms with Gasteiger partial charge in [-0.2, -0.15) is 0 Å². The van der Waals surface area contributed by atoms with Gasteiger partial charge in [0, 0.05) is 0 Å². The van der Waals surface area contributed by atoms with Crippen molar-refractivity contribution in [2.24, 2.45) is 0 Å². The maximum Gasteiger partial charge on any atom is 0.348 e. The summed E-state index contributed by atoms with van der Waals surface area (Å²) in [5.41, 5.74) is 11.3. The molecular formula is C6H8N2O2S. The van der Waals surface area contributed by atoms with Gasteiger partial charge in [0.25, 0.3) is 0 Å². The molecule has 1 heterocycles. The Bertz CT molecular complexity index is 263. The Morgan fingerprint density at radius 3 is 2.64 bits per heavy atom. The van der Waals surface area contributed by atoms with Crippen LogP contribution in [0.5, 0.6) is 0 Å². The molecular weight excluding hydrogens is 164 g/mol. The number of nitrogens with two attached hydrogens (primary N) is 2. The maximum absolute atomic E-state index is 10.9. The zero-order chi connectivity index (χ0) is 8.43. The fourth-order valence-corrected chi connectivity index (χ4v) is 1.39. The number of rotatable bonds is 1. The van der Waals surface area contributed by atoms with Crippen molar-refractivity contribution in [3.8, 4) is 0 Å². The molecule has 60 valence electrons. The number of hydrogen-bond acceptors (Lipinski definition) is 5. The second kappa shape index (κ2) is 2.79. The molecule has 0 atom stereocenters. The molecule has 4 N–H and O–H groups in total. The molecule has 1 aromatic rings. The number of hydrogen-bond donors (Lipinski definition) is 2. The first-order valence-corrected chi connectivity index (χ1v) is 3.70. The van der Waals surface area contributed by atoms with Crippen LogP contribution in [-0.4, -0.2) is 13.1 Å². The van der Waals surface area contributed by atoms with E-state index in [1.165, 1.54) is 13.2 Å². The molecule has 5 heteroatoms. The van der Waals surface area contributed by atoms with Gasteiger partial charge >= 0.3 is 5.97 Å². The Hall–Kier alpha value is -1.23. The van der Waals surface area contributed by atoms with E-state index in [9.17, 15) is 4.79 Å². The molecule has 0 aromatic carbocycles. The highest BCUT2D eigenvalue weighted by atomic mass is 32.1. The fraction of sp³-hybridized carbons (Fsp3) is 0.167. The van der Waals surface area contributed by atoms with Gasteiger partial charge in [-0.15, -0.1) is 11.3 Å². The first kappa shape index (κ1) is 7.87. The summed E-state index contributed by atoms with van der Waals surface area (Å²) in [5, 5.41) is 0.449. The molecule has 0 saturated heterocycles. The topological polar surface area (TPSA) is 78.3 Å². The third-order valence-corrected chi connectivity index (χ3v) is 2.14. The maximum atomic E-state index is 10.9. The molecule has 1 aromatic heterocycles. The molecule has 0 unspecified atom stereocenters. The monoisotopic (exact) mass is 172 g/mol. The van der Waals surface area contributed by atoms with Gasteiger partial charge in [-0.1, -0.05) is 0 Å². The van der Waals surface area contributed by atoms with Crippen molar-refractivity contribution in [2.45, 2.75) is 0 Å². The lowest BCUT2D eigenvalue weighted by Crippen LogP contribution is -1.97.